The Morgan fingerprint density at radius 2 is 1.76 bits per heavy atom. The van der Waals surface area contributed by atoms with E-state index in [2.05, 4.69) is 19.4 Å². The van der Waals surface area contributed by atoms with E-state index < -0.39 is 11.7 Å². The lowest BCUT2D eigenvalue weighted by molar-refractivity contribution is -0.137. The predicted octanol–water partition coefficient (Wildman–Crippen LogP) is 3.03. The van der Waals surface area contributed by atoms with E-state index in [-0.39, 0.29) is 0 Å². The van der Waals surface area contributed by atoms with Crippen LogP contribution in [0.1, 0.15) is 17.0 Å². The molecule has 0 radical (unpaired) electrons. The number of halogens is 3. The molecule has 2 heterocycles. The maximum Gasteiger partial charge on any atom is 0.416 e. The first-order valence-corrected chi connectivity index (χ1v) is 8.50. The summed E-state index contributed by atoms with van der Waals surface area (Å²) in [6.45, 7) is 8.07. The van der Waals surface area contributed by atoms with Gasteiger partial charge in [-0.25, -0.2) is 4.98 Å². The van der Waals surface area contributed by atoms with Gasteiger partial charge in [0, 0.05) is 58.2 Å². The molecule has 0 unspecified atom stereocenters. The molecule has 1 saturated heterocycles. The summed E-state index contributed by atoms with van der Waals surface area (Å²) in [7, 11) is 0. The number of hydrogen-bond acceptors (Lipinski definition) is 3. The summed E-state index contributed by atoms with van der Waals surface area (Å²) in [6.07, 6.45) is -0.484. The van der Waals surface area contributed by atoms with Gasteiger partial charge in [-0.05, 0) is 18.6 Å². The van der Waals surface area contributed by atoms with E-state index in [1.54, 1.807) is 6.07 Å². The van der Waals surface area contributed by atoms with Crippen molar-refractivity contribution >= 4 is 0 Å². The molecule has 136 valence electrons. The number of hydrogen-bond donors (Lipinski definition) is 0. The third-order valence-corrected chi connectivity index (χ3v) is 4.71. The highest BCUT2D eigenvalue weighted by atomic mass is 19.4. The highest BCUT2D eigenvalue weighted by Crippen LogP contribution is 2.29. The first-order valence-electron chi connectivity index (χ1n) is 8.50. The fraction of sp³-hybridized carbons (Fsp3) is 0.500. The van der Waals surface area contributed by atoms with Gasteiger partial charge in [-0.1, -0.05) is 18.2 Å². The first kappa shape index (κ1) is 17.9. The Kier molecular flexibility index (Phi) is 5.44. The molecule has 2 aromatic rings. The molecule has 0 aliphatic carbocycles. The second-order valence-corrected chi connectivity index (χ2v) is 6.48. The van der Waals surface area contributed by atoms with Crippen molar-refractivity contribution in [1.82, 2.24) is 19.4 Å². The Morgan fingerprint density at radius 1 is 1.04 bits per heavy atom. The van der Waals surface area contributed by atoms with Gasteiger partial charge in [-0.3, -0.25) is 9.80 Å². The van der Waals surface area contributed by atoms with Crippen molar-refractivity contribution in [1.29, 1.82) is 0 Å². The Balaban J connectivity index is 1.47. The molecule has 1 aliphatic rings. The molecule has 0 N–H and O–H groups in total. The molecular formula is C18H23F3N4. The molecule has 7 heteroatoms. The van der Waals surface area contributed by atoms with Crippen LogP contribution in [-0.2, 0) is 19.3 Å². The first-order chi connectivity index (χ1) is 11.9. The minimum Gasteiger partial charge on any atom is -0.334 e. The summed E-state index contributed by atoms with van der Waals surface area (Å²) in [5.41, 5.74) is 0.150. The zero-order valence-electron chi connectivity index (χ0n) is 14.3. The van der Waals surface area contributed by atoms with Crippen LogP contribution in [0.2, 0.25) is 0 Å². The molecule has 1 aliphatic heterocycles. The van der Waals surface area contributed by atoms with E-state index in [9.17, 15) is 13.2 Å². The zero-order valence-corrected chi connectivity index (χ0v) is 14.3. The van der Waals surface area contributed by atoms with Crippen molar-refractivity contribution < 1.29 is 13.2 Å². The van der Waals surface area contributed by atoms with Gasteiger partial charge >= 0.3 is 6.18 Å². The molecule has 0 spiro atoms. The van der Waals surface area contributed by atoms with Crippen LogP contribution >= 0.6 is 0 Å². The van der Waals surface area contributed by atoms with Crippen molar-refractivity contribution in [2.24, 2.45) is 0 Å². The highest BCUT2D eigenvalue weighted by Gasteiger charge is 2.30. The fourth-order valence-electron chi connectivity index (χ4n) is 3.16. The molecule has 1 fully saturated rings. The average Bonchev–Trinajstić information content (AvgIpc) is 2.99. The Morgan fingerprint density at radius 3 is 2.40 bits per heavy atom. The van der Waals surface area contributed by atoms with E-state index in [4.69, 9.17) is 0 Å². The molecule has 4 nitrogen and oxygen atoms in total. The fourth-order valence-corrected chi connectivity index (χ4v) is 3.16. The van der Waals surface area contributed by atoms with E-state index in [0.29, 0.717) is 6.54 Å². The molecule has 1 aromatic carbocycles. The number of piperazine rings is 1. The van der Waals surface area contributed by atoms with Gasteiger partial charge in [-0.15, -0.1) is 0 Å². The molecule has 0 saturated carbocycles. The zero-order chi connectivity index (χ0) is 17.9. The van der Waals surface area contributed by atoms with E-state index >= 15 is 0 Å². The summed E-state index contributed by atoms with van der Waals surface area (Å²) >= 11 is 0. The maximum absolute atomic E-state index is 12.8. The highest BCUT2D eigenvalue weighted by molar-refractivity contribution is 5.25. The monoisotopic (exact) mass is 352 g/mol. The van der Waals surface area contributed by atoms with Gasteiger partial charge in [0.15, 0.2) is 0 Å². The molecule has 0 bridgehead atoms. The number of aryl methyl sites for hydroxylation is 1. The third kappa shape index (κ3) is 4.83. The lowest BCUT2D eigenvalue weighted by Crippen LogP contribution is -2.46. The number of nitrogens with zero attached hydrogens (tertiary/aromatic N) is 4. The van der Waals surface area contributed by atoms with Gasteiger partial charge in [-0.2, -0.15) is 13.2 Å². The average molecular weight is 352 g/mol. The van der Waals surface area contributed by atoms with Crippen LogP contribution in [0.4, 0.5) is 13.2 Å². The summed E-state index contributed by atoms with van der Waals surface area (Å²) in [4.78, 5) is 8.83. The molecule has 3 rings (SSSR count). The van der Waals surface area contributed by atoms with E-state index in [0.717, 1.165) is 56.7 Å². The topological polar surface area (TPSA) is 24.3 Å². The van der Waals surface area contributed by atoms with Gasteiger partial charge in [0.1, 0.15) is 5.82 Å². The Bertz CT molecular complexity index is 688. The largest absolute Gasteiger partial charge is 0.416 e. The second kappa shape index (κ2) is 7.58. The van der Waals surface area contributed by atoms with E-state index in [1.807, 2.05) is 19.3 Å². The predicted molar refractivity (Wildman–Crippen MR) is 90.1 cm³/mol. The van der Waals surface area contributed by atoms with Crippen LogP contribution < -0.4 is 0 Å². The SMILES string of the molecule is Cc1nccn1CCN1CCN(Cc2cccc(C(F)(F)F)c2)CC1. The van der Waals surface area contributed by atoms with Crippen LogP contribution in [0, 0.1) is 6.92 Å². The van der Waals surface area contributed by atoms with Crippen LogP contribution in [0.3, 0.4) is 0 Å². The smallest absolute Gasteiger partial charge is 0.334 e. The summed E-state index contributed by atoms with van der Waals surface area (Å²) in [5.74, 6) is 1.02. The number of aromatic nitrogens is 2. The summed E-state index contributed by atoms with van der Waals surface area (Å²) < 4.78 is 40.5. The lowest BCUT2D eigenvalue weighted by Gasteiger charge is -2.34. The third-order valence-electron chi connectivity index (χ3n) is 4.71. The molecule has 0 atom stereocenters. The molecule has 0 amide bonds. The van der Waals surface area contributed by atoms with Crippen LogP contribution in [0.15, 0.2) is 36.7 Å². The minimum absolute atomic E-state index is 0.568. The van der Waals surface area contributed by atoms with Crippen molar-refractivity contribution in [3.63, 3.8) is 0 Å². The standard InChI is InChI=1S/C18H23F3N4/c1-15-22-5-6-25(15)12-11-23-7-9-24(10-8-23)14-16-3-2-4-17(13-16)18(19,20)21/h2-6,13H,7-12,14H2,1H3. The van der Waals surface area contributed by atoms with Crippen LogP contribution in [0.5, 0.6) is 0 Å². The normalized spacial score (nSPS) is 17.1. The van der Waals surface area contributed by atoms with Gasteiger partial charge < -0.3 is 4.57 Å². The maximum atomic E-state index is 12.8. The summed E-state index contributed by atoms with van der Waals surface area (Å²) in [6, 6.07) is 5.64. The molecule has 25 heavy (non-hydrogen) atoms. The van der Waals surface area contributed by atoms with Gasteiger partial charge in [0.05, 0.1) is 5.56 Å². The van der Waals surface area contributed by atoms with Crippen LogP contribution in [-0.4, -0.2) is 52.1 Å². The number of rotatable bonds is 5. The quantitative estimate of drug-likeness (QED) is 0.827. The lowest BCUT2D eigenvalue weighted by atomic mass is 10.1. The second-order valence-electron chi connectivity index (χ2n) is 6.48. The molecule has 1 aromatic heterocycles. The number of alkyl halides is 3. The van der Waals surface area contributed by atoms with Gasteiger partial charge in [0.25, 0.3) is 0 Å². The van der Waals surface area contributed by atoms with Crippen molar-refractivity contribution in [2.45, 2.75) is 26.2 Å². The Labute approximate surface area is 145 Å². The molecular weight excluding hydrogens is 329 g/mol. The number of imidazole rings is 1. The van der Waals surface area contributed by atoms with Gasteiger partial charge in [0.2, 0.25) is 0 Å². The number of benzene rings is 1. The van der Waals surface area contributed by atoms with E-state index in [1.165, 1.54) is 12.1 Å². The minimum atomic E-state index is -4.28. The summed E-state index contributed by atoms with van der Waals surface area (Å²) in [5, 5.41) is 0. The van der Waals surface area contributed by atoms with Crippen molar-refractivity contribution in [3.8, 4) is 0 Å². The van der Waals surface area contributed by atoms with Crippen LogP contribution in [0.25, 0.3) is 0 Å². The van der Waals surface area contributed by atoms with Crippen molar-refractivity contribution in [3.05, 3.63) is 53.6 Å². The Hall–Kier alpha value is -1.86. The van der Waals surface area contributed by atoms with Crippen molar-refractivity contribution in [2.75, 3.05) is 32.7 Å².